The highest BCUT2D eigenvalue weighted by atomic mass is 32.2. The maximum absolute atomic E-state index is 12.9. The molecule has 8 heteroatoms. The molecule has 1 aliphatic rings. The van der Waals surface area contributed by atoms with Crippen molar-refractivity contribution in [1.82, 2.24) is 9.21 Å². The minimum Gasteiger partial charge on any atom is -0.294 e. The summed E-state index contributed by atoms with van der Waals surface area (Å²) in [6.07, 6.45) is 0. The van der Waals surface area contributed by atoms with Gasteiger partial charge in [0.05, 0.1) is 4.92 Å². The Morgan fingerprint density at radius 2 is 1.54 bits per heavy atom. The van der Waals surface area contributed by atoms with Crippen molar-refractivity contribution in [3.05, 3.63) is 70.3 Å². The van der Waals surface area contributed by atoms with E-state index in [1.54, 1.807) is 0 Å². The van der Waals surface area contributed by atoms with E-state index in [2.05, 4.69) is 24.0 Å². The summed E-state index contributed by atoms with van der Waals surface area (Å²) < 4.78 is 27.1. The first kappa shape index (κ1) is 18.5. The number of rotatable bonds is 5. The van der Waals surface area contributed by atoms with E-state index in [9.17, 15) is 18.5 Å². The number of para-hydroxylation sites is 1. The molecular formula is C18H21N3O4S. The standard InChI is InChI=1S/C18H21N3O4S/c1-15(16-7-3-2-4-8-16)19-11-13-20(14-12-19)26(24,25)18-10-6-5-9-17(18)21(22)23/h2-10,15H,11-14H2,1H3/t15-/m0/s1. The van der Waals surface area contributed by atoms with Crippen molar-refractivity contribution < 1.29 is 13.3 Å². The predicted octanol–water partition coefficient (Wildman–Crippen LogP) is 2.66. The van der Waals surface area contributed by atoms with Crippen LogP contribution in [0.3, 0.4) is 0 Å². The largest absolute Gasteiger partial charge is 0.294 e. The maximum Gasteiger partial charge on any atom is 0.289 e. The van der Waals surface area contributed by atoms with Gasteiger partial charge in [-0.3, -0.25) is 15.0 Å². The third kappa shape index (κ3) is 3.62. The van der Waals surface area contributed by atoms with Crippen LogP contribution >= 0.6 is 0 Å². The fraction of sp³-hybridized carbons (Fsp3) is 0.333. The van der Waals surface area contributed by atoms with Gasteiger partial charge in [-0.2, -0.15) is 4.31 Å². The molecule has 2 aromatic rings. The van der Waals surface area contributed by atoms with Gasteiger partial charge in [0, 0.05) is 38.3 Å². The number of nitro groups is 1. The van der Waals surface area contributed by atoms with Gasteiger partial charge < -0.3 is 0 Å². The Balaban J connectivity index is 1.74. The number of sulfonamides is 1. The molecule has 26 heavy (non-hydrogen) atoms. The minimum absolute atomic E-state index is 0.187. The van der Waals surface area contributed by atoms with Crippen LogP contribution in [0.25, 0.3) is 0 Å². The lowest BCUT2D eigenvalue weighted by molar-refractivity contribution is -0.387. The second-order valence-corrected chi connectivity index (χ2v) is 8.16. The second-order valence-electron chi connectivity index (χ2n) is 6.25. The van der Waals surface area contributed by atoms with Crippen molar-refractivity contribution in [3.8, 4) is 0 Å². The van der Waals surface area contributed by atoms with E-state index >= 15 is 0 Å². The zero-order valence-electron chi connectivity index (χ0n) is 14.5. The quantitative estimate of drug-likeness (QED) is 0.593. The van der Waals surface area contributed by atoms with Gasteiger partial charge in [-0.15, -0.1) is 0 Å². The monoisotopic (exact) mass is 375 g/mol. The third-order valence-electron chi connectivity index (χ3n) is 4.78. The molecule has 0 spiro atoms. The highest BCUT2D eigenvalue weighted by Crippen LogP contribution is 2.28. The first-order valence-electron chi connectivity index (χ1n) is 8.44. The molecule has 1 aliphatic heterocycles. The molecule has 1 heterocycles. The molecule has 0 N–H and O–H groups in total. The van der Waals surface area contributed by atoms with Crippen molar-refractivity contribution in [1.29, 1.82) is 0 Å². The molecule has 7 nitrogen and oxygen atoms in total. The number of nitro benzene ring substituents is 1. The summed E-state index contributed by atoms with van der Waals surface area (Å²) in [5.74, 6) is 0. The maximum atomic E-state index is 12.9. The van der Waals surface area contributed by atoms with Crippen LogP contribution in [0.5, 0.6) is 0 Å². The lowest BCUT2D eigenvalue weighted by atomic mass is 10.1. The molecular weight excluding hydrogens is 354 g/mol. The topological polar surface area (TPSA) is 83.8 Å². The minimum atomic E-state index is -3.89. The zero-order valence-corrected chi connectivity index (χ0v) is 15.3. The molecule has 0 bridgehead atoms. The van der Waals surface area contributed by atoms with Crippen molar-refractivity contribution in [2.45, 2.75) is 17.9 Å². The number of benzene rings is 2. The van der Waals surface area contributed by atoms with Gasteiger partial charge in [-0.05, 0) is 18.6 Å². The van der Waals surface area contributed by atoms with E-state index in [4.69, 9.17) is 0 Å². The van der Waals surface area contributed by atoms with Crippen LogP contribution in [-0.2, 0) is 10.0 Å². The van der Waals surface area contributed by atoms with Gasteiger partial charge in [-0.25, -0.2) is 8.42 Å². The Hall–Kier alpha value is -2.29. The SMILES string of the molecule is C[C@@H](c1ccccc1)N1CCN(S(=O)(=O)c2ccccc2[N+](=O)[O-])CC1. The summed E-state index contributed by atoms with van der Waals surface area (Å²) in [5.41, 5.74) is 0.801. The molecule has 1 fully saturated rings. The summed E-state index contributed by atoms with van der Waals surface area (Å²) >= 11 is 0. The van der Waals surface area contributed by atoms with E-state index in [0.29, 0.717) is 26.2 Å². The van der Waals surface area contributed by atoms with Gasteiger partial charge in [0.15, 0.2) is 4.90 Å². The number of hydrogen-bond acceptors (Lipinski definition) is 5. The Kier molecular flexibility index (Phi) is 5.36. The van der Waals surface area contributed by atoms with Crippen molar-refractivity contribution in [2.75, 3.05) is 26.2 Å². The molecule has 0 radical (unpaired) electrons. The van der Waals surface area contributed by atoms with Crippen LogP contribution in [0.15, 0.2) is 59.5 Å². The van der Waals surface area contributed by atoms with Crippen LogP contribution in [-0.4, -0.2) is 48.7 Å². The van der Waals surface area contributed by atoms with Gasteiger partial charge in [0.25, 0.3) is 5.69 Å². The summed E-state index contributed by atoms with van der Waals surface area (Å²) in [6.45, 7) is 3.88. The molecule has 138 valence electrons. The summed E-state index contributed by atoms with van der Waals surface area (Å²) in [6, 6.07) is 15.7. The third-order valence-corrected chi connectivity index (χ3v) is 6.73. The first-order valence-corrected chi connectivity index (χ1v) is 9.88. The Bertz CT molecular complexity index is 878. The van der Waals surface area contributed by atoms with Gasteiger partial charge >= 0.3 is 0 Å². The van der Waals surface area contributed by atoms with Crippen LogP contribution in [0.1, 0.15) is 18.5 Å². The Morgan fingerprint density at radius 1 is 0.962 bits per heavy atom. The fourth-order valence-corrected chi connectivity index (χ4v) is 4.82. The van der Waals surface area contributed by atoms with E-state index < -0.39 is 14.9 Å². The highest BCUT2D eigenvalue weighted by molar-refractivity contribution is 7.89. The smallest absolute Gasteiger partial charge is 0.289 e. The summed E-state index contributed by atoms with van der Waals surface area (Å²) in [7, 11) is -3.89. The van der Waals surface area contributed by atoms with Gasteiger partial charge in [-0.1, -0.05) is 42.5 Å². The Labute approximate surface area is 153 Å². The molecule has 2 aromatic carbocycles. The molecule has 0 unspecified atom stereocenters. The van der Waals surface area contributed by atoms with E-state index in [1.165, 1.54) is 34.1 Å². The van der Waals surface area contributed by atoms with Gasteiger partial charge in [0.2, 0.25) is 10.0 Å². The normalized spacial score (nSPS) is 17.7. The second kappa shape index (κ2) is 7.53. The average Bonchev–Trinajstić information content (AvgIpc) is 2.68. The molecule has 0 aromatic heterocycles. The summed E-state index contributed by atoms with van der Waals surface area (Å²) in [4.78, 5) is 12.5. The average molecular weight is 375 g/mol. The molecule has 3 rings (SSSR count). The van der Waals surface area contributed by atoms with E-state index in [0.717, 1.165) is 0 Å². The fourth-order valence-electron chi connectivity index (χ4n) is 3.24. The number of nitrogens with zero attached hydrogens (tertiary/aromatic N) is 3. The molecule has 0 aliphatic carbocycles. The zero-order chi connectivity index (χ0) is 18.7. The molecule has 0 saturated carbocycles. The van der Waals surface area contributed by atoms with Crippen molar-refractivity contribution >= 4 is 15.7 Å². The highest BCUT2D eigenvalue weighted by Gasteiger charge is 2.34. The van der Waals surface area contributed by atoms with Crippen LogP contribution in [0, 0.1) is 10.1 Å². The predicted molar refractivity (Wildman–Crippen MR) is 98.3 cm³/mol. The van der Waals surface area contributed by atoms with E-state index in [1.807, 2.05) is 18.2 Å². The van der Waals surface area contributed by atoms with Crippen LogP contribution in [0.4, 0.5) is 5.69 Å². The molecule has 1 atom stereocenters. The van der Waals surface area contributed by atoms with Gasteiger partial charge in [0.1, 0.15) is 0 Å². The summed E-state index contributed by atoms with van der Waals surface area (Å²) in [5, 5.41) is 11.2. The van der Waals surface area contributed by atoms with Crippen LogP contribution in [0.2, 0.25) is 0 Å². The lowest BCUT2D eigenvalue weighted by Gasteiger charge is -2.37. The van der Waals surface area contributed by atoms with Crippen molar-refractivity contribution in [3.63, 3.8) is 0 Å². The molecule has 0 amide bonds. The van der Waals surface area contributed by atoms with Crippen molar-refractivity contribution in [2.24, 2.45) is 0 Å². The number of hydrogen-bond donors (Lipinski definition) is 0. The van der Waals surface area contributed by atoms with Crippen LogP contribution < -0.4 is 0 Å². The Morgan fingerprint density at radius 3 is 2.15 bits per heavy atom. The number of piperazine rings is 1. The lowest BCUT2D eigenvalue weighted by Crippen LogP contribution is -2.49. The first-order chi connectivity index (χ1) is 12.4. The molecule has 1 saturated heterocycles. The van der Waals surface area contributed by atoms with E-state index in [-0.39, 0.29) is 16.6 Å².